The first-order chi connectivity index (χ1) is 9.82. The lowest BCUT2D eigenvalue weighted by Gasteiger charge is -2.38. The molecule has 0 bridgehead atoms. The van der Waals surface area contributed by atoms with Gasteiger partial charge >= 0.3 is 0 Å². The third-order valence-electron chi connectivity index (χ3n) is 4.65. The molecular weight excluding hydrogens is 272 g/mol. The van der Waals surface area contributed by atoms with E-state index in [1.54, 1.807) is 0 Å². The predicted octanol–water partition coefficient (Wildman–Crippen LogP) is 5.33. The summed E-state index contributed by atoms with van der Waals surface area (Å²) in [5.41, 5.74) is 6.53. The van der Waals surface area contributed by atoms with E-state index in [1.807, 2.05) is 30.3 Å². The van der Waals surface area contributed by atoms with Crippen molar-refractivity contribution in [3.05, 3.63) is 35.9 Å². The van der Waals surface area contributed by atoms with E-state index < -0.39 is 14.2 Å². The lowest BCUT2D eigenvalue weighted by Crippen LogP contribution is -2.43. The lowest BCUT2D eigenvalue weighted by atomic mass is 10.1. The molecule has 0 saturated heterocycles. The molecule has 0 aliphatic rings. The van der Waals surface area contributed by atoms with E-state index in [2.05, 4.69) is 53.0 Å². The normalized spacial score (nSPS) is 13.4. The van der Waals surface area contributed by atoms with Gasteiger partial charge in [0.2, 0.25) is 0 Å². The molecule has 2 heteroatoms. The van der Waals surface area contributed by atoms with Gasteiger partial charge in [-0.3, -0.25) is 0 Å². The Labute approximate surface area is 131 Å². The molecule has 0 heterocycles. The molecule has 0 fully saturated rings. The molecule has 0 saturated carbocycles. The van der Waals surface area contributed by atoms with Crippen LogP contribution in [-0.2, 0) is 0 Å². The second-order valence-corrected chi connectivity index (χ2v) is 12.4. The quantitative estimate of drug-likeness (QED) is 0.575. The van der Waals surface area contributed by atoms with E-state index >= 15 is 0 Å². The number of aliphatic hydroxyl groups excluding tert-OH is 1. The van der Waals surface area contributed by atoms with Crippen LogP contribution in [-0.4, -0.2) is 13.2 Å². The molecule has 1 atom stereocenters. The zero-order valence-electron chi connectivity index (χ0n) is 14.4. The molecule has 0 spiro atoms. The van der Waals surface area contributed by atoms with Gasteiger partial charge in [0, 0.05) is 6.42 Å². The Morgan fingerprint density at radius 1 is 0.905 bits per heavy atom. The topological polar surface area (TPSA) is 20.2 Å². The third-order valence-corrected chi connectivity index (χ3v) is 11.0. The minimum Gasteiger partial charge on any atom is -0.387 e. The summed E-state index contributed by atoms with van der Waals surface area (Å²) >= 11 is 0. The SMILES string of the molecule is CC(C)[Si](C#CCC(O)c1ccccc1)(C(C)C)C(C)C. The largest absolute Gasteiger partial charge is 0.387 e. The maximum Gasteiger partial charge on any atom is 0.145 e. The molecule has 0 aromatic heterocycles. The van der Waals surface area contributed by atoms with Gasteiger partial charge in [-0.25, -0.2) is 0 Å². The van der Waals surface area contributed by atoms with E-state index in [1.165, 1.54) is 0 Å². The van der Waals surface area contributed by atoms with E-state index in [4.69, 9.17) is 0 Å². The van der Waals surface area contributed by atoms with Crippen molar-refractivity contribution in [2.45, 2.75) is 70.7 Å². The van der Waals surface area contributed by atoms with Crippen molar-refractivity contribution >= 4 is 8.07 Å². The van der Waals surface area contributed by atoms with Gasteiger partial charge in [-0.15, -0.1) is 11.5 Å². The molecule has 21 heavy (non-hydrogen) atoms. The highest BCUT2D eigenvalue weighted by atomic mass is 28.3. The van der Waals surface area contributed by atoms with Crippen LogP contribution < -0.4 is 0 Å². The van der Waals surface area contributed by atoms with Crippen LogP contribution in [0.2, 0.25) is 16.6 Å². The molecule has 1 N–H and O–H groups in total. The highest BCUT2D eigenvalue weighted by Gasteiger charge is 2.41. The molecule has 1 aromatic rings. The molecule has 1 aromatic carbocycles. The van der Waals surface area contributed by atoms with Crippen molar-refractivity contribution in [1.82, 2.24) is 0 Å². The highest BCUT2D eigenvalue weighted by molar-refractivity contribution is 6.90. The fourth-order valence-electron chi connectivity index (χ4n) is 3.53. The predicted molar refractivity (Wildman–Crippen MR) is 94.8 cm³/mol. The molecule has 0 amide bonds. The van der Waals surface area contributed by atoms with Crippen LogP contribution in [0.1, 0.15) is 59.6 Å². The maximum atomic E-state index is 10.2. The van der Waals surface area contributed by atoms with Gasteiger partial charge in [0.15, 0.2) is 0 Å². The fourth-order valence-corrected chi connectivity index (χ4v) is 8.80. The highest BCUT2D eigenvalue weighted by Crippen LogP contribution is 2.40. The van der Waals surface area contributed by atoms with E-state index in [9.17, 15) is 5.11 Å². The van der Waals surface area contributed by atoms with Gasteiger partial charge in [0.25, 0.3) is 0 Å². The summed E-state index contributed by atoms with van der Waals surface area (Å²) in [7, 11) is -1.67. The summed E-state index contributed by atoms with van der Waals surface area (Å²) in [6, 6.07) is 9.81. The zero-order valence-corrected chi connectivity index (χ0v) is 15.4. The van der Waals surface area contributed by atoms with Gasteiger partial charge in [-0.05, 0) is 22.2 Å². The summed E-state index contributed by atoms with van der Waals surface area (Å²) < 4.78 is 0. The Kier molecular flexibility index (Phi) is 6.71. The standard InChI is InChI=1S/C19H30OSi/c1-15(2)21(16(3)4,17(5)6)14-10-13-19(20)18-11-8-7-9-12-18/h7-9,11-12,15-17,19-20H,13H2,1-6H3. The van der Waals surface area contributed by atoms with Crippen LogP contribution in [0.15, 0.2) is 30.3 Å². The second kappa shape index (κ2) is 7.82. The van der Waals surface area contributed by atoms with E-state index in [0.29, 0.717) is 23.0 Å². The Morgan fingerprint density at radius 2 is 1.38 bits per heavy atom. The number of benzene rings is 1. The van der Waals surface area contributed by atoms with Gasteiger partial charge in [-0.1, -0.05) is 71.9 Å². The van der Waals surface area contributed by atoms with Crippen molar-refractivity contribution in [3.63, 3.8) is 0 Å². The third kappa shape index (κ3) is 4.22. The van der Waals surface area contributed by atoms with Gasteiger partial charge in [-0.2, -0.15) is 0 Å². The number of hydrogen-bond donors (Lipinski definition) is 1. The molecule has 0 aliphatic heterocycles. The fraction of sp³-hybridized carbons (Fsp3) is 0.579. The summed E-state index contributed by atoms with van der Waals surface area (Å²) in [4.78, 5) is 0. The smallest absolute Gasteiger partial charge is 0.145 e. The van der Waals surface area contributed by atoms with Crippen molar-refractivity contribution in [1.29, 1.82) is 0 Å². The van der Waals surface area contributed by atoms with Gasteiger partial charge < -0.3 is 5.11 Å². The Morgan fingerprint density at radius 3 is 1.81 bits per heavy atom. The lowest BCUT2D eigenvalue weighted by molar-refractivity contribution is 0.184. The minimum atomic E-state index is -1.67. The van der Waals surface area contributed by atoms with E-state index in [-0.39, 0.29) is 0 Å². The molecular formula is C19H30OSi. The average Bonchev–Trinajstić information content (AvgIpc) is 2.43. The summed E-state index contributed by atoms with van der Waals surface area (Å²) in [6.07, 6.45) is 0.0576. The van der Waals surface area contributed by atoms with Crippen LogP contribution >= 0.6 is 0 Å². The Bertz CT molecular complexity index is 458. The van der Waals surface area contributed by atoms with Crippen molar-refractivity contribution in [2.24, 2.45) is 0 Å². The minimum absolute atomic E-state index is 0.475. The number of rotatable bonds is 5. The average molecular weight is 303 g/mol. The van der Waals surface area contributed by atoms with Crippen LogP contribution in [0.25, 0.3) is 0 Å². The van der Waals surface area contributed by atoms with Crippen molar-refractivity contribution in [2.75, 3.05) is 0 Å². The van der Waals surface area contributed by atoms with Gasteiger partial charge in [0.05, 0.1) is 6.10 Å². The summed E-state index contributed by atoms with van der Waals surface area (Å²) in [5.74, 6) is 3.33. The number of hydrogen-bond acceptors (Lipinski definition) is 1. The molecule has 0 radical (unpaired) electrons. The van der Waals surface area contributed by atoms with Crippen LogP contribution in [0.4, 0.5) is 0 Å². The number of aliphatic hydroxyl groups is 1. The molecule has 0 aliphatic carbocycles. The molecule has 116 valence electrons. The summed E-state index contributed by atoms with van der Waals surface area (Å²) in [5, 5.41) is 10.2. The first-order valence-electron chi connectivity index (χ1n) is 8.05. The van der Waals surface area contributed by atoms with Gasteiger partial charge in [0.1, 0.15) is 8.07 Å². The van der Waals surface area contributed by atoms with Crippen molar-refractivity contribution < 1.29 is 5.11 Å². The summed E-state index contributed by atoms with van der Waals surface area (Å²) in [6.45, 7) is 13.9. The Balaban J connectivity index is 2.92. The molecule has 1 rings (SSSR count). The van der Waals surface area contributed by atoms with Crippen molar-refractivity contribution in [3.8, 4) is 11.5 Å². The maximum absolute atomic E-state index is 10.2. The molecule has 1 unspecified atom stereocenters. The van der Waals surface area contributed by atoms with E-state index in [0.717, 1.165) is 5.56 Å². The Hall–Kier alpha value is -1.04. The monoisotopic (exact) mass is 302 g/mol. The first-order valence-corrected chi connectivity index (χ1v) is 10.3. The second-order valence-electron chi connectivity index (χ2n) is 6.83. The zero-order chi connectivity index (χ0) is 16.0. The first kappa shape index (κ1) is 18.0. The van der Waals surface area contributed by atoms with Crippen LogP contribution in [0.3, 0.4) is 0 Å². The van der Waals surface area contributed by atoms with Crippen LogP contribution in [0.5, 0.6) is 0 Å². The van der Waals surface area contributed by atoms with Crippen LogP contribution in [0, 0.1) is 11.5 Å². The molecule has 1 nitrogen and oxygen atoms in total.